The zero-order chi connectivity index (χ0) is 9.40. The van der Waals surface area contributed by atoms with Crippen molar-refractivity contribution in [1.82, 2.24) is 0 Å². The summed E-state index contributed by atoms with van der Waals surface area (Å²) in [6, 6.07) is 0. The van der Waals surface area contributed by atoms with E-state index in [1.807, 2.05) is 0 Å². The van der Waals surface area contributed by atoms with Crippen LogP contribution in [0.2, 0.25) is 0 Å². The van der Waals surface area contributed by atoms with Crippen LogP contribution in [0.15, 0.2) is 0 Å². The van der Waals surface area contributed by atoms with E-state index < -0.39 is 11.9 Å². The summed E-state index contributed by atoms with van der Waals surface area (Å²) in [6.07, 6.45) is 0.445. The second-order valence-corrected chi connectivity index (χ2v) is 2.26. The first kappa shape index (κ1) is 10.9. The van der Waals surface area contributed by atoms with E-state index in [1.54, 1.807) is 0 Å². The lowest BCUT2D eigenvalue weighted by Gasteiger charge is -2.01. The third-order valence-electron chi connectivity index (χ3n) is 1.14. The molecule has 0 aromatic rings. The number of esters is 1. The molecule has 0 aliphatic heterocycles. The smallest absolute Gasteiger partial charge is 0.306 e. The Morgan fingerprint density at radius 1 is 1.33 bits per heavy atom. The number of primary amides is 1. The molecule has 0 saturated carbocycles. The standard InChI is InChI=1S/C7H13NO4/c8-6(10)2-3-7(11)12-5-1-4-9/h9H,1-5H2,(H2,8,10). The van der Waals surface area contributed by atoms with E-state index >= 15 is 0 Å². The lowest BCUT2D eigenvalue weighted by atomic mass is 10.3. The molecule has 0 fully saturated rings. The first-order valence-corrected chi connectivity index (χ1v) is 3.71. The summed E-state index contributed by atoms with van der Waals surface area (Å²) in [4.78, 5) is 20.9. The summed E-state index contributed by atoms with van der Waals surface area (Å²) >= 11 is 0. The minimum Gasteiger partial charge on any atom is -0.466 e. The molecule has 0 aliphatic carbocycles. The highest BCUT2D eigenvalue weighted by molar-refractivity contribution is 5.79. The van der Waals surface area contributed by atoms with Crippen molar-refractivity contribution in [3.8, 4) is 0 Å². The normalized spacial score (nSPS) is 9.42. The zero-order valence-electron chi connectivity index (χ0n) is 6.78. The van der Waals surface area contributed by atoms with Gasteiger partial charge in [0, 0.05) is 19.4 Å². The van der Waals surface area contributed by atoms with Gasteiger partial charge in [0.2, 0.25) is 5.91 Å². The predicted molar refractivity (Wildman–Crippen MR) is 41.1 cm³/mol. The molecule has 0 heterocycles. The van der Waals surface area contributed by atoms with Gasteiger partial charge in [-0.15, -0.1) is 0 Å². The Kier molecular flexibility index (Phi) is 6.00. The van der Waals surface area contributed by atoms with Crippen LogP contribution >= 0.6 is 0 Å². The van der Waals surface area contributed by atoms with Gasteiger partial charge in [0.1, 0.15) is 0 Å². The number of carbonyl (C=O) groups excluding carboxylic acids is 2. The number of nitrogens with two attached hydrogens (primary N) is 1. The molecular weight excluding hydrogens is 162 g/mol. The molecule has 70 valence electrons. The van der Waals surface area contributed by atoms with E-state index in [-0.39, 0.29) is 26.1 Å². The van der Waals surface area contributed by atoms with Crippen LogP contribution in [0.1, 0.15) is 19.3 Å². The van der Waals surface area contributed by atoms with Gasteiger partial charge in [0.15, 0.2) is 0 Å². The minimum absolute atomic E-state index is 0.0108. The summed E-state index contributed by atoms with van der Waals surface area (Å²) in [5.74, 6) is -0.976. The molecule has 5 nitrogen and oxygen atoms in total. The van der Waals surface area contributed by atoms with Crippen LogP contribution < -0.4 is 5.73 Å². The Balaban J connectivity index is 3.28. The highest BCUT2D eigenvalue weighted by Crippen LogP contribution is 1.92. The third kappa shape index (κ3) is 7.01. The van der Waals surface area contributed by atoms with Crippen LogP contribution in [0, 0.1) is 0 Å². The fraction of sp³-hybridized carbons (Fsp3) is 0.714. The quantitative estimate of drug-likeness (QED) is 0.407. The van der Waals surface area contributed by atoms with Gasteiger partial charge < -0.3 is 15.6 Å². The Morgan fingerprint density at radius 2 is 2.00 bits per heavy atom. The summed E-state index contributed by atoms with van der Waals surface area (Å²) < 4.78 is 4.63. The molecule has 3 N–H and O–H groups in total. The van der Waals surface area contributed by atoms with E-state index in [0.717, 1.165) is 0 Å². The molecular formula is C7H13NO4. The van der Waals surface area contributed by atoms with Gasteiger partial charge in [-0.05, 0) is 0 Å². The van der Waals surface area contributed by atoms with E-state index in [4.69, 9.17) is 10.8 Å². The van der Waals surface area contributed by atoms with Crippen molar-refractivity contribution in [3.63, 3.8) is 0 Å². The van der Waals surface area contributed by atoms with E-state index in [0.29, 0.717) is 6.42 Å². The number of hydrogen-bond donors (Lipinski definition) is 2. The van der Waals surface area contributed by atoms with Crippen LogP contribution in [-0.4, -0.2) is 30.2 Å². The molecule has 5 heteroatoms. The first-order valence-electron chi connectivity index (χ1n) is 3.71. The molecule has 0 radical (unpaired) electrons. The second-order valence-electron chi connectivity index (χ2n) is 2.26. The molecule has 0 aliphatic rings. The molecule has 0 aromatic carbocycles. The molecule has 0 bridgehead atoms. The number of ether oxygens (including phenoxy) is 1. The number of rotatable bonds is 6. The van der Waals surface area contributed by atoms with Crippen molar-refractivity contribution in [2.24, 2.45) is 5.73 Å². The Hall–Kier alpha value is -1.10. The van der Waals surface area contributed by atoms with Crippen LogP contribution in [0.3, 0.4) is 0 Å². The van der Waals surface area contributed by atoms with Crippen molar-refractivity contribution in [1.29, 1.82) is 0 Å². The zero-order valence-corrected chi connectivity index (χ0v) is 6.78. The van der Waals surface area contributed by atoms with Crippen molar-refractivity contribution >= 4 is 11.9 Å². The molecule has 0 rings (SSSR count). The summed E-state index contributed by atoms with van der Waals surface area (Å²) in [5.41, 5.74) is 4.81. The van der Waals surface area contributed by atoms with Crippen molar-refractivity contribution in [2.75, 3.05) is 13.2 Å². The lowest BCUT2D eigenvalue weighted by Crippen LogP contribution is -2.14. The minimum atomic E-state index is -0.519. The number of hydrogen-bond acceptors (Lipinski definition) is 4. The van der Waals surface area contributed by atoms with Gasteiger partial charge in [-0.2, -0.15) is 0 Å². The third-order valence-corrected chi connectivity index (χ3v) is 1.14. The summed E-state index contributed by atoms with van der Waals surface area (Å²) in [7, 11) is 0. The van der Waals surface area contributed by atoms with Gasteiger partial charge in [-0.3, -0.25) is 9.59 Å². The highest BCUT2D eigenvalue weighted by Gasteiger charge is 2.04. The molecule has 0 saturated heterocycles. The number of aliphatic hydroxyl groups excluding tert-OH is 1. The Morgan fingerprint density at radius 3 is 2.50 bits per heavy atom. The Bertz CT molecular complexity index is 157. The molecule has 0 spiro atoms. The van der Waals surface area contributed by atoms with Crippen molar-refractivity contribution in [3.05, 3.63) is 0 Å². The van der Waals surface area contributed by atoms with E-state index in [1.165, 1.54) is 0 Å². The molecule has 0 atom stereocenters. The highest BCUT2D eigenvalue weighted by atomic mass is 16.5. The molecule has 1 amide bonds. The van der Waals surface area contributed by atoms with Gasteiger partial charge in [-0.25, -0.2) is 0 Å². The number of aliphatic hydroxyl groups is 1. The van der Waals surface area contributed by atoms with Gasteiger partial charge in [0.05, 0.1) is 13.0 Å². The first-order chi connectivity index (χ1) is 5.66. The summed E-state index contributed by atoms with van der Waals surface area (Å²) in [6.45, 7) is 0.178. The topological polar surface area (TPSA) is 89.6 Å². The van der Waals surface area contributed by atoms with Crippen molar-refractivity contribution in [2.45, 2.75) is 19.3 Å². The number of carbonyl (C=O) groups is 2. The fourth-order valence-corrected chi connectivity index (χ4v) is 0.548. The molecule has 12 heavy (non-hydrogen) atoms. The Labute approximate surface area is 70.5 Å². The van der Waals surface area contributed by atoms with Crippen LogP contribution in [0.25, 0.3) is 0 Å². The fourth-order valence-electron chi connectivity index (χ4n) is 0.548. The lowest BCUT2D eigenvalue weighted by molar-refractivity contribution is -0.145. The maximum atomic E-state index is 10.7. The average Bonchev–Trinajstić information content (AvgIpc) is 2.01. The van der Waals surface area contributed by atoms with Crippen LogP contribution in [0.5, 0.6) is 0 Å². The van der Waals surface area contributed by atoms with Crippen molar-refractivity contribution < 1.29 is 19.4 Å². The summed E-state index contributed by atoms with van der Waals surface area (Å²) in [5, 5.41) is 8.33. The van der Waals surface area contributed by atoms with Gasteiger partial charge in [-0.1, -0.05) is 0 Å². The monoisotopic (exact) mass is 175 g/mol. The maximum absolute atomic E-state index is 10.7. The second kappa shape index (κ2) is 6.60. The number of amides is 1. The largest absolute Gasteiger partial charge is 0.466 e. The average molecular weight is 175 g/mol. The molecule has 0 unspecified atom stereocenters. The predicted octanol–water partition coefficient (Wildman–Crippen LogP) is -0.823. The SMILES string of the molecule is NC(=O)CCC(=O)OCCCO. The maximum Gasteiger partial charge on any atom is 0.306 e. The van der Waals surface area contributed by atoms with E-state index in [9.17, 15) is 9.59 Å². The van der Waals surface area contributed by atoms with Crippen LogP contribution in [-0.2, 0) is 14.3 Å². The van der Waals surface area contributed by atoms with Gasteiger partial charge >= 0.3 is 5.97 Å². The van der Waals surface area contributed by atoms with Gasteiger partial charge in [0.25, 0.3) is 0 Å². The van der Waals surface area contributed by atoms with Crippen LogP contribution in [0.4, 0.5) is 0 Å². The van der Waals surface area contributed by atoms with E-state index in [2.05, 4.69) is 4.74 Å². The molecule has 0 aromatic heterocycles.